The summed E-state index contributed by atoms with van der Waals surface area (Å²) in [5.41, 5.74) is 1.41. The van der Waals surface area contributed by atoms with Gasteiger partial charge in [0, 0.05) is 12.0 Å². The number of benzene rings is 1. The van der Waals surface area contributed by atoms with E-state index in [0.29, 0.717) is 6.04 Å². The van der Waals surface area contributed by atoms with E-state index in [2.05, 4.69) is 62.1 Å². The van der Waals surface area contributed by atoms with Crippen LogP contribution in [0.25, 0.3) is 0 Å². The molecular weight excluding hydrogens is 348 g/mol. The maximum absolute atomic E-state index is 10.5. The van der Waals surface area contributed by atoms with Gasteiger partial charge in [-0.1, -0.05) is 55.7 Å². The van der Waals surface area contributed by atoms with Crippen LogP contribution in [0.2, 0.25) is 0 Å². The summed E-state index contributed by atoms with van der Waals surface area (Å²) in [4.78, 5) is 0. The second-order valence-corrected chi connectivity index (χ2v) is 8.57. The molecule has 0 heterocycles. The number of nitrogens with two attached hydrogens (primary N) is 1. The van der Waals surface area contributed by atoms with Crippen molar-refractivity contribution in [2.75, 3.05) is 20.6 Å². The van der Waals surface area contributed by atoms with Crippen LogP contribution in [0.15, 0.2) is 43.0 Å². The van der Waals surface area contributed by atoms with Crippen LogP contribution in [0.1, 0.15) is 57.1 Å². The predicted molar refractivity (Wildman–Crippen MR) is 108 cm³/mol. The van der Waals surface area contributed by atoms with Crippen molar-refractivity contribution in [3.63, 3.8) is 0 Å². The van der Waals surface area contributed by atoms with Crippen LogP contribution in [0.4, 0.5) is 0 Å². The van der Waals surface area contributed by atoms with Gasteiger partial charge >= 0.3 is 10.3 Å². The number of nitrogens with zero attached hydrogens (tertiary/aromatic N) is 1. The zero-order valence-electron chi connectivity index (χ0n) is 16.4. The van der Waals surface area contributed by atoms with Crippen LogP contribution in [0.5, 0.6) is 0 Å². The first-order chi connectivity index (χ1) is 12.2. The van der Waals surface area contributed by atoms with Crippen molar-refractivity contribution in [2.24, 2.45) is 5.14 Å². The second-order valence-electron chi connectivity index (χ2n) is 7.39. The Morgan fingerprint density at radius 3 is 2.27 bits per heavy atom. The molecule has 0 aliphatic heterocycles. The highest BCUT2D eigenvalue weighted by Gasteiger charge is 2.26. The molecule has 0 saturated heterocycles. The van der Waals surface area contributed by atoms with Gasteiger partial charge in [0.05, 0.1) is 26.7 Å². The second kappa shape index (κ2) is 10.8. The van der Waals surface area contributed by atoms with E-state index >= 15 is 0 Å². The van der Waals surface area contributed by atoms with Crippen LogP contribution in [0, 0.1) is 0 Å². The monoisotopic (exact) mass is 383 g/mol. The summed E-state index contributed by atoms with van der Waals surface area (Å²) in [5, 5.41) is 4.72. The molecule has 5 nitrogen and oxygen atoms in total. The number of hydrogen-bond acceptors (Lipinski definition) is 3. The Morgan fingerprint density at radius 2 is 1.81 bits per heavy atom. The Bertz CT molecular complexity index is 624. The van der Waals surface area contributed by atoms with Gasteiger partial charge in [0.1, 0.15) is 6.04 Å². The summed E-state index contributed by atoms with van der Waals surface area (Å²) < 4.78 is 26.5. The van der Waals surface area contributed by atoms with Crippen LogP contribution < -0.4 is 5.14 Å². The molecule has 2 N–H and O–H groups in total. The Hall–Kier alpha value is -1.21. The molecule has 26 heavy (non-hydrogen) atoms. The zero-order chi connectivity index (χ0) is 19.6. The molecule has 148 valence electrons. The van der Waals surface area contributed by atoms with Crippen LogP contribution in [-0.2, 0) is 14.5 Å². The first kappa shape index (κ1) is 22.8. The van der Waals surface area contributed by atoms with Crippen LogP contribution >= 0.6 is 0 Å². The fourth-order valence-electron chi connectivity index (χ4n) is 3.23. The van der Waals surface area contributed by atoms with E-state index < -0.39 is 10.3 Å². The lowest BCUT2D eigenvalue weighted by Crippen LogP contribution is -2.42. The Kier molecular flexibility index (Phi) is 9.50. The fraction of sp³-hybridized carbons (Fsp3) is 0.600. The molecule has 1 aliphatic carbocycles. The van der Waals surface area contributed by atoms with Gasteiger partial charge in [-0.3, -0.25) is 4.18 Å². The molecule has 2 rings (SSSR count). The maximum atomic E-state index is 10.5. The van der Waals surface area contributed by atoms with E-state index in [9.17, 15) is 8.42 Å². The van der Waals surface area contributed by atoms with Crippen LogP contribution in [0.3, 0.4) is 0 Å². The molecule has 0 spiro atoms. The molecule has 1 saturated carbocycles. The highest BCUT2D eigenvalue weighted by molar-refractivity contribution is 7.84. The summed E-state index contributed by atoms with van der Waals surface area (Å²) >= 11 is 0. The number of quaternary nitrogens is 1. The lowest BCUT2D eigenvalue weighted by Gasteiger charge is -2.37. The zero-order valence-corrected chi connectivity index (χ0v) is 17.2. The van der Waals surface area contributed by atoms with Crippen molar-refractivity contribution in [3.8, 4) is 0 Å². The smallest absolute Gasteiger partial charge is 0.322 e. The number of hydrogen-bond donors (Lipinski definition) is 1. The molecule has 6 heteroatoms. The van der Waals surface area contributed by atoms with Gasteiger partial charge in [-0.05, 0) is 19.8 Å². The first-order valence-corrected chi connectivity index (χ1v) is 10.9. The summed E-state index contributed by atoms with van der Waals surface area (Å²) in [6.45, 7) is 7.23. The molecule has 1 atom stereocenters. The van der Waals surface area contributed by atoms with E-state index in [1.165, 1.54) is 12.0 Å². The van der Waals surface area contributed by atoms with Crippen molar-refractivity contribution in [1.82, 2.24) is 0 Å². The summed E-state index contributed by atoms with van der Waals surface area (Å²) in [6, 6.07) is 11.2. The summed E-state index contributed by atoms with van der Waals surface area (Å²) in [7, 11) is 0.834. The van der Waals surface area contributed by atoms with Crippen molar-refractivity contribution in [2.45, 2.75) is 57.6 Å². The molecule has 0 amide bonds. The van der Waals surface area contributed by atoms with Gasteiger partial charge in [-0.2, -0.15) is 8.42 Å². The minimum atomic E-state index is -3.72. The molecule has 1 fully saturated rings. The minimum Gasteiger partial charge on any atom is -0.322 e. The Labute approximate surface area is 159 Å². The maximum Gasteiger partial charge on any atom is 0.333 e. The fourth-order valence-corrected chi connectivity index (χ4v) is 3.80. The molecule has 0 bridgehead atoms. The normalized spacial score (nSPS) is 17.1. The predicted octanol–water partition coefficient (Wildman–Crippen LogP) is 3.94. The van der Waals surface area contributed by atoms with E-state index in [0.717, 1.165) is 43.1 Å². The van der Waals surface area contributed by atoms with Crippen LogP contribution in [-0.4, -0.2) is 39.6 Å². The van der Waals surface area contributed by atoms with Gasteiger partial charge in [0.15, 0.2) is 0 Å². The molecular formula is C20H35N2O3S+. The van der Waals surface area contributed by atoms with Gasteiger partial charge in [0.2, 0.25) is 0 Å². The van der Waals surface area contributed by atoms with E-state index in [1.807, 2.05) is 6.08 Å². The summed E-state index contributed by atoms with van der Waals surface area (Å²) in [6.07, 6.45) is 7.77. The van der Waals surface area contributed by atoms with Crippen molar-refractivity contribution in [1.29, 1.82) is 0 Å². The van der Waals surface area contributed by atoms with E-state index in [-0.39, 0.29) is 6.10 Å². The average molecular weight is 384 g/mol. The first-order valence-electron chi connectivity index (χ1n) is 9.39. The average Bonchev–Trinajstić information content (AvgIpc) is 2.60. The molecule has 0 radical (unpaired) electrons. The van der Waals surface area contributed by atoms with Crippen molar-refractivity contribution < 1.29 is 17.1 Å². The van der Waals surface area contributed by atoms with Crippen molar-refractivity contribution >= 4 is 10.3 Å². The quantitative estimate of drug-likeness (QED) is 0.573. The largest absolute Gasteiger partial charge is 0.333 e. The Morgan fingerprint density at radius 1 is 1.23 bits per heavy atom. The molecule has 1 aliphatic rings. The third kappa shape index (κ3) is 8.45. The minimum absolute atomic E-state index is 0.168. The van der Waals surface area contributed by atoms with Gasteiger partial charge in [-0.15, -0.1) is 6.58 Å². The SMILES string of the molecule is C=CCC(c1ccccc1)[N+](C)(C)CC.NS(=O)(=O)OC1CCCCC1. The Balaban J connectivity index is 0.000000273. The number of rotatable bonds is 7. The lowest BCUT2D eigenvalue weighted by atomic mass is 9.98. The molecule has 0 aromatic heterocycles. The van der Waals surface area contributed by atoms with Crippen molar-refractivity contribution in [3.05, 3.63) is 48.6 Å². The molecule has 1 aromatic carbocycles. The lowest BCUT2D eigenvalue weighted by molar-refractivity contribution is -0.919. The molecule has 1 unspecified atom stereocenters. The highest BCUT2D eigenvalue weighted by atomic mass is 32.2. The standard InChI is InChI=1S/C14H22N.C6H13NO3S/c1-5-10-14(15(3,4)6-2)13-11-8-7-9-12-13;7-11(8,9)10-6-4-2-1-3-5-6/h5,7-9,11-12,14H,1,6,10H2,2-4H3;6H,1-5H2,(H2,7,8,9)/q+1;. The summed E-state index contributed by atoms with van der Waals surface area (Å²) in [5.74, 6) is 0. The van der Waals surface area contributed by atoms with E-state index in [4.69, 9.17) is 5.14 Å². The topological polar surface area (TPSA) is 69.4 Å². The van der Waals surface area contributed by atoms with E-state index in [1.54, 1.807) is 0 Å². The third-order valence-corrected chi connectivity index (χ3v) is 5.60. The highest BCUT2D eigenvalue weighted by Crippen LogP contribution is 2.28. The molecule has 1 aromatic rings. The van der Waals surface area contributed by atoms with Gasteiger partial charge in [0.25, 0.3) is 0 Å². The van der Waals surface area contributed by atoms with Gasteiger partial charge < -0.3 is 4.48 Å². The van der Waals surface area contributed by atoms with Gasteiger partial charge in [-0.25, -0.2) is 5.14 Å². The third-order valence-electron chi connectivity index (χ3n) is 5.06.